The van der Waals surface area contributed by atoms with Gasteiger partial charge in [0.1, 0.15) is 22.3 Å². The van der Waals surface area contributed by atoms with E-state index < -0.39 is 0 Å². The molecule has 0 aliphatic carbocycles. The summed E-state index contributed by atoms with van der Waals surface area (Å²) in [7, 11) is 0. The lowest BCUT2D eigenvalue weighted by atomic mass is 9.92. The van der Waals surface area contributed by atoms with Crippen molar-refractivity contribution in [2.24, 2.45) is 0 Å². The van der Waals surface area contributed by atoms with Gasteiger partial charge in [0.2, 0.25) is 0 Å². The maximum Gasteiger partial charge on any atom is 0.161 e. The molecular weight excluding hydrogens is 1270 g/mol. The SMILES string of the molecule is c1ccc(-c2cc(-c3cccc4nc(-c5cc6ccccc6c6ccccc56)c5c6ccccc6oc5c34)nc(-c3ccccc3)n2)cc1.c1ccc(-c2ccc(-c3cc(-c4ccccc4)nc(-c4cccc5nc(-c6cc7ccccc7c7ccccc67)c6c7ccccc7oc6c45)n3)cc2)cc1. The molecule has 0 spiro atoms. The highest BCUT2D eigenvalue weighted by Gasteiger charge is 2.26. The van der Waals surface area contributed by atoms with Gasteiger partial charge in [-0.3, -0.25) is 0 Å². The average molecular weight is 1330 g/mol. The molecule has 21 rings (SSSR count). The molecule has 0 saturated carbocycles. The zero-order valence-electron chi connectivity index (χ0n) is 56.0. The molecule has 0 bridgehead atoms. The summed E-state index contributed by atoms with van der Waals surface area (Å²) in [5.41, 5.74) is 20.3. The Morgan fingerprint density at radius 3 is 1.04 bits per heavy atom. The van der Waals surface area contributed by atoms with Crippen LogP contribution in [-0.2, 0) is 0 Å². The van der Waals surface area contributed by atoms with Gasteiger partial charge in [0.05, 0.1) is 66.7 Å². The molecule has 21 aromatic rings. The van der Waals surface area contributed by atoms with E-state index in [0.29, 0.717) is 11.6 Å². The van der Waals surface area contributed by atoms with Gasteiger partial charge < -0.3 is 8.83 Å². The van der Waals surface area contributed by atoms with Crippen molar-refractivity contribution in [3.8, 4) is 101 Å². The summed E-state index contributed by atoms with van der Waals surface area (Å²) in [6.07, 6.45) is 0. The van der Waals surface area contributed by atoms with Crippen LogP contribution in [0.25, 0.3) is 210 Å². The van der Waals surface area contributed by atoms with E-state index in [9.17, 15) is 0 Å². The fraction of sp³-hybridized carbons (Fsp3) is 0. The van der Waals surface area contributed by atoms with Crippen LogP contribution in [0.1, 0.15) is 0 Å². The van der Waals surface area contributed by atoms with Crippen molar-refractivity contribution >= 4 is 109 Å². The third kappa shape index (κ3) is 10.3. The number of rotatable bonds is 9. The summed E-state index contributed by atoms with van der Waals surface area (Å²) in [5.74, 6) is 1.28. The molecule has 0 atom stereocenters. The molecular formula is C96H58N6O2. The number of furan rings is 2. The molecule has 104 heavy (non-hydrogen) atoms. The normalized spacial score (nSPS) is 11.7. The van der Waals surface area contributed by atoms with Crippen LogP contribution < -0.4 is 0 Å². The molecule has 484 valence electrons. The highest BCUT2D eigenvalue weighted by atomic mass is 16.3. The number of fused-ring (bicyclic) bond motifs is 16. The van der Waals surface area contributed by atoms with Crippen molar-refractivity contribution in [2.75, 3.05) is 0 Å². The van der Waals surface area contributed by atoms with E-state index in [-0.39, 0.29) is 0 Å². The molecule has 15 aromatic carbocycles. The average Bonchev–Trinajstić information content (AvgIpc) is 1.46. The zero-order valence-corrected chi connectivity index (χ0v) is 56.0. The van der Waals surface area contributed by atoms with Crippen molar-refractivity contribution < 1.29 is 8.83 Å². The predicted octanol–water partition coefficient (Wildman–Crippen LogP) is 25.5. The molecule has 6 heterocycles. The lowest BCUT2D eigenvalue weighted by Gasteiger charge is -2.14. The lowest BCUT2D eigenvalue weighted by Crippen LogP contribution is -1.98. The van der Waals surface area contributed by atoms with Crippen LogP contribution in [0.15, 0.2) is 361 Å². The fourth-order valence-corrected chi connectivity index (χ4v) is 15.3. The van der Waals surface area contributed by atoms with Crippen LogP contribution in [0.2, 0.25) is 0 Å². The molecule has 0 aliphatic rings. The van der Waals surface area contributed by atoms with E-state index in [2.05, 4.69) is 261 Å². The second kappa shape index (κ2) is 25.0. The molecule has 0 aliphatic heterocycles. The fourth-order valence-electron chi connectivity index (χ4n) is 15.3. The summed E-state index contributed by atoms with van der Waals surface area (Å²) in [4.78, 5) is 31.8. The first-order valence-electron chi connectivity index (χ1n) is 35.0. The lowest BCUT2D eigenvalue weighted by molar-refractivity contribution is 0.672. The van der Waals surface area contributed by atoms with Crippen molar-refractivity contribution in [1.82, 2.24) is 29.9 Å². The van der Waals surface area contributed by atoms with E-state index in [1.54, 1.807) is 0 Å². The molecule has 0 unspecified atom stereocenters. The van der Waals surface area contributed by atoms with Crippen molar-refractivity contribution in [2.45, 2.75) is 0 Å². The van der Waals surface area contributed by atoms with Gasteiger partial charge >= 0.3 is 0 Å². The van der Waals surface area contributed by atoms with Gasteiger partial charge in [0, 0.05) is 55.3 Å². The van der Waals surface area contributed by atoms with Crippen LogP contribution in [0.5, 0.6) is 0 Å². The number of nitrogens with zero attached hydrogens (tertiary/aromatic N) is 6. The third-order valence-corrected chi connectivity index (χ3v) is 20.1. The van der Waals surface area contributed by atoms with Gasteiger partial charge in [-0.1, -0.05) is 303 Å². The number of hydrogen-bond acceptors (Lipinski definition) is 8. The predicted molar refractivity (Wildman–Crippen MR) is 428 cm³/mol. The molecule has 6 aromatic heterocycles. The Kier molecular flexibility index (Phi) is 14.4. The summed E-state index contributed by atoms with van der Waals surface area (Å²) in [6, 6.07) is 122. The first-order valence-corrected chi connectivity index (χ1v) is 35.0. The van der Waals surface area contributed by atoms with Gasteiger partial charge in [-0.25, -0.2) is 29.9 Å². The molecule has 8 heteroatoms. The van der Waals surface area contributed by atoms with Crippen LogP contribution in [0.4, 0.5) is 0 Å². The minimum atomic E-state index is 0.613. The van der Waals surface area contributed by atoms with E-state index in [0.717, 1.165) is 161 Å². The van der Waals surface area contributed by atoms with Crippen molar-refractivity contribution in [3.05, 3.63) is 352 Å². The summed E-state index contributed by atoms with van der Waals surface area (Å²) < 4.78 is 13.7. The van der Waals surface area contributed by atoms with Crippen molar-refractivity contribution in [1.29, 1.82) is 0 Å². The van der Waals surface area contributed by atoms with Crippen LogP contribution >= 0.6 is 0 Å². The zero-order chi connectivity index (χ0) is 68.6. The molecule has 0 N–H and O–H groups in total. The largest absolute Gasteiger partial charge is 0.455 e. The second-order valence-corrected chi connectivity index (χ2v) is 26.3. The summed E-state index contributed by atoms with van der Waals surface area (Å²) in [6.45, 7) is 0. The Bertz CT molecular complexity index is 6900. The van der Waals surface area contributed by atoms with Gasteiger partial charge in [0.25, 0.3) is 0 Å². The van der Waals surface area contributed by atoms with Gasteiger partial charge in [-0.05, 0) is 103 Å². The first kappa shape index (κ1) is 59.9. The number of aromatic nitrogens is 6. The van der Waals surface area contributed by atoms with Crippen LogP contribution in [0, 0.1) is 0 Å². The minimum absolute atomic E-state index is 0.613. The van der Waals surface area contributed by atoms with Gasteiger partial charge in [0.15, 0.2) is 11.6 Å². The third-order valence-electron chi connectivity index (χ3n) is 20.1. The Hall–Kier alpha value is -14.1. The van der Waals surface area contributed by atoms with E-state index in [1.165, 1.54) is 37.9 Å². The highest BCUT2D eigenvalue weighted by Crippen LogP contribution is 2.48. The summed E-state index contributed by atoms with van der Waals surface area (Å²) >= 11 is 0. The molecule has 0 saturated heterocycles. The second-order valence-electron chi connectivity index (χ2n) is 26.3. The Morgan fingerprint density at radius 2 is 0.538 bits per heavy atom. The maximum absolute atomic E-state index is 6.88. The molecule has 0 fully saturated rings. The number of hydrogen-bond donors (Lipinski definition) is 0. The molecule has 0 amide bonds. The van der Waals surface area contributed by atoms with E-state index in [1.807, 2.05) is 91.0 Å². The minimum Gasteiger partial charge on any atom is -0.455 e. The van der Waals surface area contributed by atoms with Gasteiger partial charge in [-0.2, -0.15) is 0 Å². The number of benzene rings is 15. The smallest absolute Gasteiger partial charge is 0.161 e. The first-order chi connectivity index (χ1) is 51.6. The summed E-state index contributed by atoms with van der Waals surface area (Å²) in [5, 5.41) is 15.4. The van der Waals surface area contributed by atoms with Crippen LogP contribution in [0.3, 0.4) is 0 Å². The Balaban J connectivity index is 0.000000139. The van der Waals surface area contributed by atoms with Crippen LogP contribution in [-0.4, -0.2) is 29.9 Å². The quantitative estimate of drug-likeness (QED) is 0.132. The standard InChI is InChI=1S/C51H31N3O.C45H27N3O/c1-3-14-32(15-4-1)33-26-28-35(29-27-33)45-31-44(34-16-5-2-6-17-34)53-51(54-45)41-23-13-24-43-47(41)50-48(40-22-11-12-25-46(40)55-50)49(52-43)42-30-36-18-7-8-19-37(36)38-20-9-10-21-39(38)42;1-3-14-28(15-4-1)38-27-39(48-45(47-38)29-16-5-2-6-17-29)34-23-13-24-37-41(34)44-42(35-22-11-12-25-40(35)49-44)43(46-37)36-26-30-18-7-8-19-31(30)32-20-9-10-21-33(32)36/h1-31H;1-27H. The van der Waals surface area contributed by atoms with E-state index >= 15 is 0 Å². The van der Waals surface area contributed by atoms with Gasteiger partial charge in [-0.15, -0.1) is 0 Å². The monoisotopic (exact) mass is 1330 g/mol. The molecule has 8 nitrogen and oxygen atoms in total. The molecule has 0 radical (unpaired) electrons. The van der Waals surface area contributed by atoms with Crippen molar-refractivity contribution in [3.63, 3.8) is 0 Å². The topological polar surface area (TPSA) is 104 Å². The number of para-hydroxylation sites is 2. The highest BCUT2D eigenvalue weighted by molar-refractivity contribution is 6.27. The Labute approximate surface area is 597 Å². The number of pyridine rings is 2. The maximum atomic E-state index is 6.88. The van der Waals surface area contributed by atoms with E-state index in [4.69, 9.17) is 38.7 Å². The Morgan fingerprint density at radius 1 is 0.192 bits per heavy atom.